The van der Waals surface area contributed by atoms with Crippen LogP contribution in [-0.2, 0) is 0 Å². The van der Waals surface area contributed by atoms with E-state index in [9.17, 15) is 0 Å². The van der Waals surface area contributed by atoms with Gasteiger partial charge in [-0.1, -0.05) is 13.0 Å². The minimum absolute atomic E-state index is 0.372. The minimum atomic E-state index is 0.372. The fourth-order valence-electron chi connectivity index (χ4n) is 2.27. The molecule has 0 saturated carbocycles. The van der Waals surface area contributed by atoms with Crippen LogP contribution in [-0.4, -0.2) is 43.7 Å². The minimum Gasteiger partial charge on any atom is -0.481 e. The zero-order valence-electron chi connectivity index (χ0n) is 11.6. The van der Waals surface area contributed by atoms with Crippen LogP contribution in [0.15, 0.2) is 18.2 Å². The van der Waals surface area contributed by atoms with Gasteiger partial charge in [0.15, 0.2) is 0 Å². The summed E-state index contributed by atoms with van der Waals surface area (Å²) < 4.78 is 5.13. The van der Waals surface area contributed by atoms with E-state index in [2.05, 4.69) is 29.2 Å². The summed E-state index contributed by atoms with van der Waals surface area (Å²) in [6.07, 6.45) is 2.47. The van der Waals surface area contributed by atoms with E-state index in [4.69, 9.17) is 4.74 Å². The molecule has 0 radical (unpaired) electrons. The van der Waals surface area contributed by atoms with Crippen molar-refractivity contribution in [1.29, 1.82) is 0 Å². The van der Waals surface area contributed by atoms with Crippen LogP contribution in [0.1, 0.15) is 19.8 Å². The normalized spacial score (nSPS) is 19.5. The van der Waals surface area contributed by atoms with E-state index in [1.54, 1.807) is 7.11 Å². The quantitative estimate of drug-likeness (QED) is 0.888. The SMILES string of the molecule is COc1cccc(NCC2(C)CCN(C)CC2)n1. The Balaban J connectivity index is 1.90. The maximum atomic E-state index is 5.13. The second-order valence-corrected chi connectivity index (χ2v) is 5.53. The van der Waals surface area contributed by atoms with Gasteiger partial charge in [0.2, 0.25) is 5.88 Å². The van der Waals surface area contributed by atoms with Crippen molar-refractivity contribution in [2.75, 3.05) is 39.1 Å². The lowest BCUT2D eigenvalue weighted by Gasteiger charge is -2.38. The predicted molar refractivity (Wildman–Crippen MR) is 74.1 cm³/mol. The van der Waals surface area contributed by atoms with Gasteiger partial charge in [0.05, 0.1) is 7.11 Å². The third kappa shape index (κ3) is 3.35. The summed E-state index contributed by atoms with van der Waals surface area (Å²) in [6.45, 7) is 5.70. The molecule has 0 amide bonds. The third-order valence-corrected chi connectivity index (χ3v) is 3.82. The largest absolute Gasteiger partial charge is 0.481 e. The Morgan fingerprint density at radius 2 is 2.11 bits per heavy atom. The topological polar surface area (TPSA) is 37.4 Å². The summed E-state index contributed by atoms with van der Waals surface area (Å²) in [7, 11) is 3.83. The molecular formula is C14H23N3O. The molecule has 0 aliphatic carbocycles. The first-order valence-electron chi connectivity index (χ1n) is 6.55. The van der Waals surface area contributed by atoms with Crippen molar-refractivity contribution in [3.8, 4) is 5.88 Å². The second kappa shape index (κ2) is 5.57. The number of pyridine rings is 1. The Bertz CT molecular complexity index is 386. The molecule has 1 N–H and O–H groups in total. The number of ether oxygens (including phenoxy) is 1. The molecule has 4 heteroatoms. The lowest BCUT2D eigenvalue weighted by Crippen LogP contribution is -2.40. The Morgan fingerprint density at radius 1 is 1.39 bits per heavy atom. The number of nitrogens with one attached hydrogen (secondary N) is 1. The predicted octanol–water partition coefficient (Wildman–Crippen LogP) is 2.23. The van der Waals surface area contributed by atoms with Crippen molar-refractivity contribution >= 4 is 5.82 Å². The average molecular weight is 249 g/mol. The fraction of sp³-hybridized carbons (Fsp3) is 0.643. The van der Waals surface area contributed by atoms with Gasteiger partial charge >= 0.3 is 0 Å². The van der Waals surface area contributed by atoms with Gasteiger partial charge in [-0.2, -0.15) is 4.98 Å². The molecule has 0 aromatic carbocycles. The Kier molecular flexibility index (Phi) is 4.07. The number of anilines is 1. The van der Waals surface area contributed by atoms with E-state index >= 15 is 0 Å². The fourth-order valence-corrected chi connectivity index (χ4v) is 2.27. The molecule has 0 atom stereocenters. The van der Waals surface area contributed by atoms with Crippen molar-refractivity contribution in [1.82, 2.24) is 9.88 Å². The second-order valence-electron chi connectivity index (χ2n) is 5.53. The van der Waals surface area contributed by atoms with Gasteiger partial charge in [0, 0.05) is 12.6 Å². The van der Waals surface area contributed by atoms with E-state index in [0.717, 1.165) is 12.4 Å². The first-order valence-corrected chi connectivity index (χ1v) is 6.55. The number of hydrogen-bond donors (Lipinski definition) is 1. The highest BCUT2D eigenvalue weighted by atomic mass is 16.5. The number of piperidine rings is 1. The molecule has 1 fully saturated rings. The van der Waals surface area contributed by atoms with Crippen LogP contribution in [0, 0.1) is 5.41 Å². The molecule has 18 heavy (non-hydrogen) atoms. The van der Waals surface area contributed by atoms with Crippen LogP contribution in [0.3, 0.4) is 0 Å². The molecule has 2 heterocycles. The van der Waals surface area contributed by atoms with Crippen molar-refractivity contribution < 1.29 is 4.74 Å². The number of likely N-dealkylation sites (tertiary alicyclic amines) is 1. The van der Waals surface area contributed by atoms with E-state index < -0.39 is 0 Å². The van der Waals surface area contributed by atoms with E-state index in [1.165, 1.54) is 25.9 Å². The van der Waals surface area contributed by atoms with Gasteiger partial charge in [-0.15, -0.1) is 0 Å². The Hall–Kier alpha value is -1.29. The third-order valence-electron chi connectivity index (χ3n) is 3.82. The van der Waals surface area contributed by atoms with Crippen molar-refractivity contribution in [2.45, 2.75) is 19.8 Å². The van der Waals surface area contributed by atoms with Gasteiger partial charge < -0.3 is 15.0 Å². The molecule has 1 aliphatic heterocycles. The molecule has 2 rings (SSSR count). The molecule has 100 valence electrons. The zero-order valence-corrected chi connectivity index (χ0v) is 11.6. The molecule has 0 spiro atoms. The number of methoxy groups -OCH3 is 1. The number of nitrogens with zero attached hydrogens (tertiary/aromatic N) is 2. The molecule has 0 bridgehead atoms. The highest BCUT2D eigenvalue weighted by Crippen LogP contribution is 2.30. The van der Waals surface area contributed by atoms with E-state index in [-0.39, 0.29) is 0 Å². The highest BCUT2D eigenvalue weighted by molar-refractivity contribution is 5.37. The first kappa shape index (κ1) is 13.1. The van der Waals surface area contributed by atoms with Crippen molar-refractivity contribution in [3.63, 3.8) is 0 Å². The van der Waals surface area contributed by atoms with Crippen LogP contribution in [0.4, 0.5) is 5.82 Å². The molecule has 1 aromatic heterocycles. The average Bonchev–Trinajstić information content (AvgIpc) is 2.41. The molecular weight excluding hydrogens is 226 g/mol. The van der Waals surface area contributed by atoms with Gasteiger partial charge in [-0.3, -0.25) is 0 Å². The van der Waals surface area contributed by atoms with Crippen LogP contribution in [0.5, 0.6) is 5.88 Å². The summed E-state index contributed by atoms with van der Waals surface area (Å²) in [4.78, 5) is 6.77. The van der Waals surface area contributed by atoms with Gasteiger partial charge in [-0.05, 0) is 44.5 Å². The molecule has 1 saturated heterocycles. The Morgan fingerprint density at radius 3 is 2.78 bits per heavy atom. The van der Waals surface area contributed by atoms with Gasteiger partial charge in [0.25, 0.3) is 0 Å². The standard InChI is InChI=1S/C14H23N3O/c1-14(7-9-17(2)10-8-14)11-15-12-5-4-6-13(16-12)18-3/h4-6H,7-11H2,1-3H3,(H,15,16). The molecule has 1 aliphatic rings. The highest BCUT2D eigenvalue weighted by Gasteiger charge is 2.28. The molecule has 4 nitrogen and oxygen atoms in total. The summed E-state index contributed by atoms with van der Waals surface area (Å²) >= 11 is 0. The monoisotopic (exact) mass is 249 g/mol. The summed E-state index contributed by atoms with van der Waals surface area (Å²) in [5.74, 6) is 1.56. The van der Waals surface area contributed by atoms with Crippen LogP contribution >= 0.6 is 0 Å². The molecule has 1 aromatic rings. The Labute approximate surface area is 109 Å². The summed E-state index contributed by atoms with van der Waals surface area (Å²) in [6, 6.07) is 5.81. The van der Waals surface area contributed by atoms with E-state index in [1.807, 2.05) is 18.2 Å². The number of rotatable bonds is 4. The van der Waals surface area contributed by atoms with Crippen molar-refractivity contribution in [2.24, 2.45) is 5.41 Å². The maximum Gasteiger partial charge on any atom is 0.214 e. The van der Waals surface area contributed by atoms with E-state index in [0.29, 0.717) is 11.3 Å². The van der Waals surface area contributed by atoms with Gasteiger partial charge in [0.1, 0.15) is 5.82 Å². The van der Waals surface area contributed by atoms with Crippen LogP contribution < -0.4 is 10.1 Å². The lowest BCUT2D eigenvalue weighted by atomic mass is 9.80. The lowest BCUT2D eigenvalue weighted by molar-refractivity contribution is 0.150. The van der Waals surface area contributed by atoms with Crippen molar-refractivity contribution in [3.05, 3.63) is 18.2 Å². The van der Waals surface area contributed by atoms with Crippen LogP contribution in [0.25, 0.3) is 0 Å². The number of hydrogen-bond acceptors (Lipinski definition) is 4. The maximum absolute atomic E-state index is 5.13. The van der Waals surface area contributed by atoms with Crippen LogP contribution in [0.2, 0.25) is 0 Å². The molecule has 0 unspecified atom stereocenters. The summed E-state index contributed by atoms with van der Waals surface area (Å²) in [5.41, 5.74) is 0.372. The summed E-state index contributed by atoms with van der Waals surface area (Å²) in [5, 5.41) is 3.43. The smallest absolute Gasteiger partial charge is 0.214 e. The zero-order chi connectivity index (χ0) is 13.0. The first-order chi connectivity index (χ1) is 8.61. The van der Waals surface area contributed by atoms with Gasteiger partial charge in [-0.25, -0.2) is 0 Å². The number of aromatic nitrogens is 1.